The third kappa shape index (κ3) is 4.46. The van der Waals surface area contributed by atoms with Crippen molar-refractivity contribution in [1.82, 2.24) is 15.0 Å². The van der Waals surface area contributed by atoms with E-state index in [2.05, 4.69) is 25.2 Å². The zero-order chi connectivity index (χ0) is 22.0. The molecule has 31 heavy (non-hydrogen) atoms. The molecule has 1 unspecified atom stereocenters. The van der Waals surface area contributed by atoms with E-state index in [1.165, 1.54) is 12.3 Å². The Bertz CT molecular complexity index is 1120. The van der Waals surface area contributed by atoms with E-state index in [-0.39, 0.29) is 28.8 Å². The Morgan fingerprint density at radius 2 is 2.13 bits per heavy atom. The van der Waals surface area contributed by atoms with Crippen LogP contribution in [0.2, 0.25) is 0 Å². The van der Waals surface area contributed by atoms with Gasteiger partial charge in [-0.3, -0.25) is 9.78 Å². The number of aryl methyl sites for hydroxylation is 1. The largest absolute Gasteiger partial charge is 0.396 e. The van der Waals surface area contributed by atoms with E-state index < -0.39 is 11.7 Å². The molecule has 3 aromatic rings. The molecule has 1 amide bonds. The van der Waals surface area contributed by atoms with E-state index in [0.29, 0.717) is 12.2 Å². The van der Waals surface area contributed by atoms with Gasteiger partial charge in [0, 0.05) is 25.3 Å². The Hall–Kier alpha value is -3.59. The van der Waals surface area contributed by atoms with Gasteiger partial charge in [0.2, 0.25) is 0 Å². The van der Waals surface area contributed by atoms with Crippen LogP contribution in [0.4, 0.5) is 21.5 Å². The van der Waals surface area contributed by atoms with Gasteiger partial charge in [-0.05, 0) is 38.0 Å². The van der Waals surface area contributed by atoms with Gasteiger partial charge in [0.1, 0.15) is 5.82 Å². The van der Waals surface area contributed by atoms with E-state index in [9.17, 15) is 9.18 Å². The fraction of sp³-hybridized carbons (Fsp3) is 0.273. The quantitative estimate of drug-likeness (QED) is 0.592. The molecule has 0 saturated carbocycles. The maximum atomic E-state index is 14.3. The van der Waals surface area contributed by atoms with Crippen molar-refractivity contribution in [3.8, 4) is 11.4 Å². The van der Waals surface area contributed by atoms with Crippen LogP contribution in [-0.4, -0.2) is 40.0 Å². The molecule has 9 heteroatoms. The van der Waals surface area contributed by atoms with Gasteiger partial charge in [-0.1, -0.05) is 11.6 Å². The molecule has 1 aromatic carbocycles. The number of piperidine rings is 1. The summed E-state index contributed by atoms with van der Waals surface area (Å²) in [5, 5.41) is 2.84. The number of aromatic nitrogens is 3. The predicted octanol–water partition coefficient (Wildman–Crippen LogP) is 2.75. The van der Waals surface area contributed by atoms with Crippen LogP contribution in [0, 0.1) is 12.7 Å². The minimum Gasteiger partial charge on any atom is -0.396 e. The summed E-state index contributed by atoms with van der Waals surface area (Å²) < 4.78 is 14.3. The van der Waals surface area contributed by atoms with Crippen LogP contribution in [0.15, 0.2) is 42.9 Å². The van der Waals surface area contributed by atoms with Gasteiger partial charge in [0.15, 0.2) is 11.5 Å². The predicted molar refractivity (Wildman–Crippen MR) is 118 cm³/mol. The van der Waals surface area contributed by atoms with Crippen LogP contribution in [-0.2, 0) is 0 Å². The number of hydrogen-bond acceptors (Lipinski definition) is 7. The van der Waals surface area contributed by atoms with Crippen LogP contribution >= 0.6 is 0 Å². The number of nitrogens with zero attached hydrogens (tertiary/aromatic N) is 4. The molecule has 1 fully saturated rings. The fourth-order valence-corrected chi connectivity index (χ4v) is 3.68. The first kappa shape index (κ1) is 20.7. The molecule has 0 aliphatic carbocycles. The fourth-order valence-electron chi connectivity index (χ4n) is 3.68. The first-order valence-electron chi connectivity index (χ1n) is 10.1. The van der Waals surface area contributed by atoms with Gasteiger partial charge >= 0.3 is 0 Å². The van der Waals surface area contributed by atoms with Crippen molar-refractivity contribution in [3.05, 3.63) is 59.9 Å². The maximum absolute atomic E-state index is 14.3. The second-order valence-corrected chi connectivity index (χ2v) is 7.68. The summed E-state index contributed by atoms with van der Waals surface area (Å²) in [6.07, 6.45) is 6.50. The Morgan fingerprint density at radius 1 is 1.29 bits per heavy atom. The van der Waals surface area contributed by atoms with Gasteiger partial charge in [0.25, 0.3) is 5.91 Å². The molecule has 0 spiro atoms. The van der Waals surface area contributed by atoms with Crippen LogP contribution in [0.5, 0.6) is 0 Å². The summed E-state index contributed by atoms with van der Waals surface area (Å²) in [4.78, 5) is 27.6. The lowest BCUT2D eigenvalue weighted by molar-refractivity contribution is 0.102. The van der Waals surface area contributed by atoms with E-state index in [1.54, 1.807) is 24.5 Å². The number of nitrogen functional groups attached to an aromatic ring is 1. The van der Waals surface area contributed by atoms with Gasteiger partial charge in [-0.15, -0.1) is 0 Å². The van der Waals surface area contributed by atoms with Gasteiger partial charge in [-0.25, -0.2) is 14.4 Å². The van der Waals surface area contributed by atoms with Gasteiger partial charge in [0.05, 0.1) is 35.0 Å². The van der Waals surface area contributed by atoms with Crippen molar-refractivity contribution in [1.29, 1.82) is 0 Å². The number of pyridine rings is 1. The second-order valence-electron chi connectivity index (χ2n) is 7.68. The summed E-state index contributed by atoms with van der Waals surface area (Å²) in [5.74, 6) is -0.906. The van der Waals surface area contributed by atoms with Crippen LogP contribution in [0.25, 0.3) is 11.4 Å². The number of nitrogens with one attached hydrogen (secondary N) is 1. The van der Waals surface area contributed by atoms with E-state index in [1.807, 2.05) is 13.0 Å². The van der Waals surface area contributed by atoms with Gasteiger partial charge < -0.3 is 21.7 Å². The molecule has 160 valence electrons. The maximum Gasteiger partial charge on any atom is 0.276 e. The highest BCUT2D eigenvalue weighted by molar-refractivity contribution is 6.07. The molecule has 1 aliphatic rings. The van der Waals surface area contributed by atoms with Crippen LogP contribution in [0.3, 0.4) is 0 Å². The third-order valence-corrected chi connectivity index (χ3v) is 5.24. The second kappa shape index (κ2) is 8.65. The number of halogens is 1. The molecule has 2 aromatic heterocycles. The number of amides is 1. The monoisotopic (exact) mass is 421 g/mol. The zero-order valence-electron chi connectivity index (χ0n) is 17.2. The first-order valence-corrected chi connectivity index (χ1v) is 10.1. The average Bonchev–Trinajstić information content (AvgIpc) is 2.76. The SMILES string of the molecule is Cc1ccc(F)c(-c2ncc(N)c(C(=O)Nc3cnccc3N3CCCC(N)C3)n2)c1. The van der Waals surface area contributed by atoms with E-state index >= 15 is 0 Å². The summed E-state index contributed by atoms with van der Waals surface area (Å²) in [6.45, 7) is 3.37. The molecule has 8 nitrogen and oxygen atoms in total. The van der Waals surface area contributed by atoms with Crippen molar-refractivity contribution in [3.63, 3.8) is 0 Å². The van der Waals surface area contributed by atoms with Crippen molar-refractivity contribution in [2.24, 2.45) is 5.73 Å². The number of carbonyl (C=O) groups is 1. The molecule has 0 radical (unpaired) electrons. The molecule has 1 atom stereocenters. The normalized spacial score (nSPS) is 16.2. The highest BCUT2D eigenvalue weighted by atomic mass is 19.1. The molecule has 3 heterocycles. The van der Waals surface area contributed by atoms with Crippen molar-refractivity contribution in [2.45, 2.75) is 25.8 Å². The molecule has 4 rings (SSSR count). The molecule has 5 N–H and O–H groups in total. The minimum absolute atomic E-state index is 0.0314. The third-order valence-electron chi connectivity index (χ3n) is 5.24. The smallest absolute Gasteiger partial charge is 0.276 e. The van der Waals surface area contributed by atoms with Crippen LogP contribution in [0.1, 0.15) is 28.9 Å². The Labute approximate surface area is 179 Å². The zero-order valence-corrected chi connectivity index (χ0v) is 17.2. The Balaban J connectivity index is 1.63. The number of carbonyl (C=O) groups excluding carboxylic acids is 1. The van der Waals surface area contributed by atoms with E-state index in [4.69, 9.17) is 11.5 Å². The molecule has 0 bridgehead atoms. The molecular formula is C22H24FN7O. The Morgan fingerprint density at radius 3 is 2.94 bits per heavy atom. The average molecular weight is 421 g/mol. The Kier molecular flexibility index (Phi) is 5.77. The lowest BCUT2D eigenvalue weighted by atomic mass is 10.1. The van der Waals surface area contributed by atoms with Crippen molar-refractivity contribution >= 4 is 23.0 Å². The first-order chi connectivity index (χ1) is 14.9. The highest BCUT2D eigenvalue weighted by Crippen LogP contribution is 2.28. The lowest BCUT2D eigenvalue weighted by Gasteiger charge is -2.33. The van der Waals surface area contributed by atoms with E-state index in [0.717, 1.165) is 30.6 Å². The standard InChI is InChI=1S/C22H24FN7O/c1-13-4-5-16(23)15(9-13)21-27-10-17(25)20(29-21)22(31)28-18-11-26-7-6-19(18)30-8-2-3-14(24)12-30/h4-7,9-11,14H,2-3,8,12,24-25H2,1H3,(H,28,31). The topological polar surface area (TPSA) is 123 Å². The van der Waals surface area contributed by atoms with Crippen molar-refractivity contribution in [2.75, 3.05) is 29.0 Å². The highest BCUT2D eigenvalue weighted by Gasteiger charge is 2.22. The minimum atomic E-state index is -0.523. The molecular weight excluding hydrogens is 397 g/mol. The summed E-state index contributed by atoms with van der Waals surface area (Å²) in [6, 6.07) is 6.54. The number of benzene rings is 1. The molecule has 1 saturated heterocycles. The number of rotatable bonds is 4. The summed E-state index contributed by atoms with van der Waals surface area (Å²) in [5.41, 5.74) is 14.6. The van der Waals surface area contributed by atoms with Crippen molar-refractivity contribution < 1.29 is 9.18 Å². The number of anilines is 3. The summed E-state index contributed by atoms with van der Waals surface area (Å²) in [7, 11) is 0. The number of nitrogens with two attached hydrogens (primary N) is 2. The van der Waals surface area contributed by atoms with Crippen LogP contribution < -0.4 is 21.7 Å². The molecule has 1 aliphatic heterocycles. The summed E-state index contributed by atoms with van der Waals surface area (Å²) >= 11 is 0. The number of hydrogen-bond donors (Lipinski definition) is 3. The van der Waals surface area contributed by atoms with Gasteiger partial charge in [-0.2, -0.15) is 0 Å². The lowest BCUT2D eigenvalue weighted by Crippen LogP contribution is -2.43.